The van der Waals surface area contributed by atoms with Crippen LogP contribution in [0, 0.1) is 5.92 Å². The molecule has 1 saturated heterocycles. The Morgan fingerprint density at radius 2 is 1.90 bits per heavy atom. The van der Waals surface area contributed by atoms with Crippen LogP contribution in [0.2, 0.25) is 0 Å². The first kappa shape index (κ1) is 15.5. The van der Waals surface area contributed by atoms with E-state index in [1.807, 2.05) is 0 Å². The zero-order chi connectivity index (χ0) is 14.4. The highest BCUT2D eigenvalue weighted by atomic mass is 15.2. The van der Waals surface area contributed by atoms with Gasteiger partial charge in [-0.2, -0.15) is 0 Å². The molecule has 0 amide bonds. The molecule has 1 aromatic rings. The summed E-state index contributed by atoms with van der Waals surface area (Å²) in [6.45, 7) is 7.66. The molecule has 20 heavy (non-hydrogen) atoms. The number of benzene rings is 1. The van der Waals surface area contributed by atoms with Crippen molar-refractivity contribution < 1.29 is 0 Å². The third kappa shape index (κ3) is 3.83. The molecule has 2 nitrogen and oxygen atoms in total. The fraction of sp³-hybridized carbons (Fsp3) is 0.667. The Bertz CT molecular complexity index is 385. The molecule has 112 valence electrons. The molecule has 0 radical (unpaired) electrons. The summed E-state index contributed by atoms with van der Waals surface area (Å²) in [4.78, 5) is 2.61. The lowest BCUT2D eigenvalue weighted by molar-refractivity contribution is 0.206. The summed E-state index contributed by atoms with van der Waals surface area (Å²) in [5.74, 6) is 0.917. The van der Waals surface area contributed by atoms with Crippen molar-refractivity contribution in [2.45, 2.75) is 52.0 Å². The standard InChI is InChI=1S/C18H30N2/c1-3-15-6-5-12-20(13-11-15)18(14-19)17-9-7-16(4-2)8-10-17/h7-10,15,18H,3-6,11-14,19H2,1-2H3. The molecule has 0 spiro atoms. The molecule has 1 aliphatic heterocycles. The summed E-state index contributed by atoms with van der Waals surface area (Å²) in [5.41, 5.74) is 8.88. The van der Waals surface area contributed by atoms with Crippen molar-refractivity contribution in [1.82, 2.24) is 4.90 Å². The minimum atomic E-state index is 0.400. The maximum absolute atomic E-state index is 6.08. The average molecular weight is 274 g/mol. The number of rotatable bonds is 5. The normalized spacial score (nSPS) is 22.4. The topological polar surface area (TPSA) is 29.3 Å². The molecule has 0 saturated carbocycles. The maximum atomic E-state index is 6.08. The van der Waals surface area contributed by atoms with Crippen molar-refractivity contribution in [3.8, 4) is 0 Å². The van der Waals surface area contributed by atoms with Gasteiger partial charge in [0.2, 0.25) is 0 Å². The highest BCUT2D eigenvalue weighted by Gasteiger charge is 2.22. The lowest BCUT2D eigenvalue weighted by Crippen LogP contribution is -2.34. The van der Waals surface area contributed by atoms with Gasteiger partial charge in [0.25, 0.3) is 0 Å². The molecule has 1 aromatic carbocycles. The van der Waals surface area contributed by atoms with Crippen molar-refractivity contribution in [1.29, 1.82) is 0 Å². The zero-order valence-electron chi connectivity index (χ0n) is 13.1. The van der Waals surface area contributed by atoms with Crippen LogP contribution in [0.1, 0.15) is 56.7 Å². The molecule has 2 N–H and O–H groups in total. The van der Waals surface area contributed by atoms with Gasteiger partial charge >= 0.3 is 0 Å². The molecular formula is C18H30N2. The van der Waals surface area contributed by atoms with Crippen LogP contribution in [-0.4, -0.2) is 24.5 Å². The van der Waals surface area contributed by atoms with E-state index in [4.69, 9.17) is 5.73 Å². The Labute approximate surface area is 124 Å². The Morgan fingerprint density at radius 3 is 2.50 bits per heavy atom. The van der Waals surface area contributed by atoms with E-state index in [-0.39, 0.29) is 0 Å². The highest BCUT2D eigenvalue weighted by molar-refractivity contribution is 5.25. The molecule has 0 aliphatic carbocycles. The SMILES string of the molecule is CCc1ccc(C(CN)N2CCCC(CC)CC2)cc1. The van der Waals surface area contributed by atoms with E-state index in [1.54, 1.807) is 0 Å². The van der Waals surface area contributed by atoms with Gasteiger partial charge in [-0.25, -0.2) is 0 Å². The molecule has 0 bridgehead atoms. The van der Waals surface area contributed by atoms with E-state index in [2.05, 4.69) is 43.0 Å². The summed E-state index contributed by atoms with van der Waals surface area (Å²) in [6, 6.07) is 9.46. The van der Waals surface area contributed by atoms with Crippen LogP contribution in [0.25, 0.3) is 0 Å². The van der Waals surface area contributed by atoms with Crippen LogP contribution in [0.4, 0.5) is 0 Å². The van der Waals surface area contributed by atoms with Gasteiger partial charge in [-0.3, -0.25) is 4.90 Å². The van der Waals surface area contributed by atoms with Crippen LogP contribution >= 0.6 is 0 Å². The van der Waals surface area contributed by atoms with E-state index in [9.17, 15) is 0 Å². The van der Waals surface area contributed by atoms with Gasteiger partial charge in [-0.05, 0) is 55.8 Å². The summed E-state index contributed by atoms with van der Waals surface area (Å²) >= 11 is 0. The largest absolute Gasteiger partial charge is 0.329 e. The summed E-state index contributed by atoms with van der Waals surface area (Å²) in [7, 11) is 0. The van der Waals surface area contributed by atoms with Crippen LogP contribution < -0.4 is 5.73 Å². The first-order chi connectivity index (χ1) is 9.78. The fourth-order valence-corrected chi connectivity index (χ4v) is 3.38. The first-order valence-corrected chi connectivity index (χ1v) is 8.31. The second kappa shape index (κ2) is 7.80. The predicted octanol–water partition coefficient (Wildman–Crippen LogP) is 3.76. The van der Waals surface area contributed by atoms with Gasteiger partial charge in [-0.1, -0.05) is 44.5 Å². The van der Waals surface area contributed by atoms with E-state index in [1.165, 1.54) is 49.9 Å². The molecule has 2 rings (SSSR count). The predicted molar refractivity (Wildman–Crippen MR) is 86.8 cm³/mol. The van der Waals surface area contributed by atoms with Crippen molar-refractivity contribution >= 4 is 0 Å². The maximum Gasteiger partial charge on any atom is 0.0470 e. The smallest absolute Gasteiger partial charge is 0.0470 e. The Hall–Kier alpha value is -0.860. The van der Waals surface area contributed by atoms with Crippen LogP contribution in [0.15, 0.2) is 24.3 Å². The summed E-state index contributed by atoms with van der Waals surface area (Å²) < 4.78 is 0. The van der Waals surface area contributed by atoms with Gasteiger partial charge in [0.15, 0.2) is 0 Å². The monoisotopic (exact) mass is 274 g/mol. The van der Waals surface area contributed by atoms with Crippen LogP contribution in [0.3, 0.4) is 0 Å². The molecule has 1 aliphatic rings. The molecular weight excluding hydrogens is 244 g/mol. The second-order valence-corrected chi connectivity index (χ2v) is 6.09. The number of aryl methyl sites for hydroxylation is 1. The lowest BCUT2D eigenvalue weighted by atomic mass is 9.98. The van der Waals surface area contributed by atoms with Crippen molar-refractivity contribution in [3.63, 3.8) is 0 Å². The quantitative estimate of drug-likeness (QED) is 0.886. The van der Waals surface area contributed by atoms with Gasteiger partial charge in [-0.15, -0.1) is 0 Å². The third-order valence-corrected chi connectivity index (χ3v) is 4.90. The van der Waals surface area contributed by atoms with Crippen molar-refractivity contribution in [3.05, 3.63) is 35.4 Å². The van der Waals surface area contributed by atoms with Gasteiger partial charge < -0.3 is 5.73 Å². The Kier molecular flexibility index (Phi) is 6.06. The molecule has 0 aromatic heterocycles. The Morgan fingerprint density at radius 1 is 1.15 bits per heavy atom. The molecule has 1 heterocycles. The van der Waals surface area contributed by atoms with Gasteiger partial charge in [0.05, 0.1) is 0 Å². The highest BCUT2D eigenvalue weighted by Crippen LogP contribution is 2.27. The van der Waals surface area contributed by atoms with E-state index < -0.39 is 0 Å². The first-order valence-electron chi connectivity index (χ1n) is 8.31. The third-order valence-electron chi connectivity index (χ3n) is 4.90. The van der Waals surface area contributed by atoms with Crippen molar-refractivity contribution in [2.24, 2.45) is 11.7 Å². The molecule has 2 unspecified atom stereocenters. The van der Waals surface area contributed by atoms with Gasteiger partial charge in [0.1, 0.15) is 0 Å². The van der Waals surface area contributed by atoms with Crippen LogP contribution in [-0.2, 0) is 6.42 Å². The van der Waals surface area contributed by atoms with E-state index >= 15 is 0 Å². The minimum absolute atomic E-state index is 0.400. The van der Waals surface area contributed by atoms with Crippen molar-refractivity contribution in [2.75, 3.05) is 19.6 Å². The second-order valence-electron chi connectivity index (χ2n) is 6.09. The number of hydrogen-bond donors (Lipinski definition) is 1. The fourth-order valence-electron chi connectivity index (χ4n) is 3.38. The zero-order valence-corrected chi connectivity index (χ0v) is 13.1. The molecule has 2 heteroatoms. The summed E-state index contributed by atoms with van der Waals surface area (Å²) in [6.07, 6.45) is 6.48. The minimum Gasteiger partial charge on any atom is -0.329 e. The van der Waals surface area contributed by atoms with E-state index in [0.29, 0.717) is 6.04 Å². The molecule has 2 atom stereocenters. The number of nitrogens with zero attached hydrogens (tertiary/aromatic N) is 1. The number of hydrogen-bond acceptors (Lipinski definition) is 2. The summed E-state index contributed by atoms with van der Waals surface area (Å²) in [5, 5.41) is 0. The number of nitrogens with two attached hydrogens (primary N) is 1. The Balaban J connectivity index is 2.06. The van der Waals surface area contributed by atoms with Crippen LogP contribution in [0.5, 0.6) is 0 Å². The lowest BCUT2D eigenvalue weighted by Gasteiger charge is -2.30. The number of likely N-dealkylation sites (tertiary alicyclic amines) is 1. The van der Waals surface area contributed by atoms with E-state index in [0.717, 1.165) is 18.9 Å². The van der Waals surface area contributed by atoms with Gasteiger partial charge in [0, 0.05) is 12.6 Å². The molecule has 1 fully saturated rings. The average Bonchev–Trinajstić information content (AvgIpc) is 2.74.